The Morgan fingerprint density at radius 2 is 1.83 bits per heavy atom. The van der Waals surface area contributed by atoms with E-state index in [4.69, 9.17) is 14.7 Å². The van der Waals surface area contributed by atoms with Crippen molar-refractivity contribution in [2.24, 2.45) is 0 Å². The number of nitrogens with zero attached hydrogens (tertiary/aromatic N) is 1. The molecule has 0 radical (unpaired) electrons. The maximum atomic E-state index is 11.8. The van der Waals surface area contributed by atoms with Gasteiger partial charge in [-0.15, -0.1) is 0 Å². The summed E-state index contributed by atoms with van der Waals surface area (Å²) in [7, 11) is 0. The van der Waals surface area contributed by atoms with E-state index in [2.05, 4.69) is 11.4 Å². The van der Waals surface area contributed by atoms with E-state index in [-0.39, 0.29) is 12.5 Å². The second kappa shape index (κ2) is 9.21. The molecule has 0 heterocycles. The molecule has 0 fully saturated rings. The average molecular weight is 324 g/mol. The molecule has 1 N–H and O–H groups in total. The lowest BCUT2D eigenvalue weighted by Crippen LogP contribution is -2.28. The lowest BCUT2D eigenvalue weighted by Gasteiger charge is -2.09. The molecule has 2 aromatic rings. The fourth-order valence-corrected chi connectivity index (χ4v) is 2.00. The number of hydrogen-bond donors (Lipinski definition) is 1. The number of nitrogens with one attached hydrogen (secondary N) is 1. The average Bonchev–Trinajstić information content (AvgIpc) is 2.64. The Bertz CT molecular complexity index is 705. The molecule has 0 aliphatic heterocycles. The first kappa shape index (κ1) is 17.4. The van der Waals surface area contributed by atoms with Crippen molar-refractivity contribution in [3.8, 4) is 17.6 Å². The quantitative estimate of drug-likeness (QED) is 0.810. The Balaban J connectivity index is 1.75. The third kappa shape index (κ3) is 5.65. The highest BCUT2D eigenvalue weighted by Crippen LogP contribution is 2.17. The highest BCUT2D eigenvalue weighted by molar-refractivity contribution is 5.77. The van der Waals surface area contributed by atoms with Crippen molar-refractivity contribution in [1.29, 1.82) is 5.26 Å². The smallest absolute Gasteiger partial charge is 0.258 e. The van der Waals surface area contributed by atoms with E-state index in [1.165, 1.54) is 0 Å². The van der Waals surface area contributed by atoms with Crippen LogP contribution in [0, 0.1) is 11.3 Å². The summed E-state index contributed by atoms with van der Waals surface area (Å²) in [4.78, 5) is 11.8. The monoisotopic (exact) mass is 324 g/mol. The Morgan fingerprint density at radius 1 is 1.12 bits per heavy atom. The van der Waals surface area contributed by atoms with Gasteiger partial charge in [0.05, 0.1) is 18.2 Å². The molecule has 2 rings (SSSR count). The van der Waals surface area contributed by atoms with Crippen molar-refractivity contribution in [2.75, 3.05) is 13.2 Å². The Kier molecular flexibility index (Phi) is 6.66. The fraction of sp³-hybridized carbons (Fsp3) is 0.263. The maximum absolute atomic E-state index is 11.8. The number of benzene rings is 2. The van der Waals surface area contributed by atoms with Crippen LogP contribution in [-0.2, 0) is 11.3 Å². The molecule has 124 valence electrons. The van der Waals surface area contributed by atoms with Gasteiger partial charge in [-0.2, -0.15) is 5.26 Å². The van der Waals surface area contributed by atoms with Crippen molar-refractivity contribution in [1.82, 2.24) is 5.32 Å². The number of hydrogen-bond acceptors (Lipinski definition) is 4. The molecule has 0 atom stereocenters. The summed E-state index contributed by atoms with van der Waals surface area (Å²) in [6, 6.07) is 16.4. The van der Waals surface area contributed by atoms with Gasteiger partial charge < -0.3 is 14.8 Å². The number of rotatable bonds is 8. The van der Waals surface area contributed by atoms with E-state index in [9.17, 15) is 4.79 Å². The molecule has 0 aromatic heterocycles. The van der Waals surface area contributed by atoms with Gasteiger partial charge in [0.1, 0.15) is 11.5 Å². The molecule has 0 unspecified atom stereocenters. The zero-order valence-electron chi connectivity index (χ0n) is 13.6. The molecule has 0 aliphatic rings. The summed E-state index contributed by atoms with van der Waals surface area (Å²) in [5, 5.41) is 11.6. The van der Waals surface area contributed by atoms with Crippen molar-refractivity contribution in [3.63, 3.8) is 0 Å². The van der Waals surface area contributed by atoms with Gasteiger partial charge in [-0.05, 0) is 48.4 Å². The zero-order valence-corrected chi connectivity index (χ0v) is 13.6. The summed E-state index contributed by atoms with van der Waals surface area (Å²) >= 11 is 0. The molecule has 0 aliphatic carbocycles. The predicted octanol–water partition coefficient (Wildman–Crippen LogP) is 3.04. The number of carbonyl (C=O) groups excluding carboxylic acids is 1. The van der Waals surface area contributed by atoms with Gasteiger partial charge in [0.15, 0.2) is 6.61 Å². The van der Waals surface area contributed by atoms with Crippen LogP contribution in [0.15, 0.2) is 48.5 Å². The van der Waals surface area contributed by atoms with Gasteiger partial charge in [0, 0.05) is 6.54 Å². The summed E-state index contributed by atoms with van der Waals surface area (Å²) in [6.07, 6.45) is 0.954. The molecule has 5 nitrogen and oxygen atoms in total. The highest BCUT2D eigenvalue weighted by Gasteiger charge is 2.04. The van der Waals surface area contributed by atoms with E-state index >= 15 is 0 Å². The van der Waals surface area contributed by atoms with Crippen LogP contribution < -0.4 is 14.8 Å². The van der Waals surface area contributed by atoms with Gasteiger partial charge >= 0.3 is 0 Å². The molecule has 0 spiro atoms. The minimum Gasteiger partial charge on any atom is -0.494 e. The largest absolute Gasteiger partial charge is 0.494 e. The molecule has 1 amide bonds. The first-order valence-electron chi connectivity index (χ1n) is 7.82. The van der Waals surface area contributed by atoms with Crippen LogP contribution in [0.2, 0.25) is 0 Å². The Morgan fingerprint density at radius 3 is 2.50 bits per heavy atom. The summed E-state index contributed by atoms with van der Waals surface area (Å²) in [5.41, 5.74) is 1.45. The Hall–Kier alpha value is -3.00. The molecule has 0 bridgehead atoms. The van der Waals surface area contributed by atoms with E-state index in [1.807, 2.05) is 25.1 Å². The van der Waals surface area contributed by atoms with Gasteiger partial charge in [-0.25, -0.2) is 0 Å². The van der Waals surface area contributed by atoms with Crippen LogP contribution in [0.3, 0.4) is 0 Å². The van der Waals surface area contributed by atoms with Gasteiger partial charge in [-0.1, -0.05) is 19.1 Å². The third-order valence-electron chi connectivity index (χ3n) is 3.21. The molecule has 0 saturated heterocycles. The van der Waals surface area contributed by atoms with Gasteiger partial charge in [-0.3, -0.25) is 4.79 Å². The van der Waals surface area contributed by atoms with Crippen LogP contribution >= 0.6 is 0 Å². The van der Waals surface area contributed by atoms with Crippen molar-refractivity contribution in [3.05, 3.63) is 59.7 Å². The minimum absolute atomic E-state index is 0.0624. The molecule has 5 heteroatoms. The summed E-state index contributed by atoms with van der Waals surface area (Å²) in [6.45, 7) is 3.02. The third-order valence-corrected chi connectivity index (χ3v) is 3.21. The van der Waals surface area contributed by atoms with Gasteiger partial charge in [0.2, 0.25) is 0 Å². The van der Waals surface area contributed by atoms with Crippen LogP contribution in [-0.4, -0.2) is 19.1 Å². The van der Waals surface area contributed by atoms with Crippen LogP contribution in [0.1, 0.15) is 24.5 Å². The standard InChI is InChI=1S/C19H20N2O3/c1-2-10-23-17-6-8-18(9-7-17)24-14-19(22)21-13-16-5-3-4-15(11-16)12-20/h3-9,11H,2,10,13-14H2,1H3,(H,21,22). The lowest BCUT2D eigenvalue weighted by atomic mass is 10.1. The normalized spacial score (nSPS) is 9.83. The van der Waals surface area contributed by atoms with E-state index < -0.39 is 0 Å². The van der Waals surface area contributed by atoms with E-state index in [1.54, 1.807) is 30.3 Å². The second-order valence-electron chi connectivity index (χ2n) is 5.20. The number of carbonyl (C=O) groups is 1. The Labute approximate surface area is 141 Å². The predicted molar refractivity (Wildman–Crippen MR) is 90.7 cm³/mol. The number of ether oxygens (including phenoxy) is 2. The lowest BCUT2D eigenvalue weighted by molar-refractivity contribution is -0.123. The number of amides is 1. The van der Waals surface area contributed by atoms with Crippen molar-refractivity contribution < 1.29 is 14.3 Å². The number of nitriles is 1. The summed E-state index contributed by atoms with van der Waals surface area (Å²) < 4.78 is 10.9. The second-order valence-corrected chi connectivity index (χ2v) is 5.20. The fourth-order valence-electron chi connectivity index (χ4n) is 2.00. The first-order chi connectivity index (χ1) is 11.7. The SMILES string of the molecule is CCCOc1ccc(OCC(=O)NCc2cccc(C#N)c2)cc1. The molecule has 2 aromatic carbocycles. The van der Waals surface area contributed by atoms with Crippen LogP contribution in [0.4, 0.5) is 0 Å². The topological polar surface area (TPSA) is 71.3 Å². The van der Waals surface area contributed by atoms with Crippen LogP contribution in [0.25, 0.3) is 0 Å². The molecular weight excluding hydrogens is 304 g/mol. The first-order valence-corrected chi connectivity index (χ1v) is 7.82. The van der Waals surface area contributed by atoms with Crippen molar-refractivity contribution in [2.45, 2.75) is 19.9 Å². The zero-order chi connectivity index (χ0) is 17.2. The molecule has 0 saturated carbocycles. The maximum Gasteiger partial charge on any atom is 0.258 e. The summed E-state index contributed by atoms with van der Waals surface area (Å²) in [5.74, 6) is 1.18. The molecule has 24 heavy (non-hydrogen) atoms. The minimum atomic E-state index is -0.219. The molecular formula is C19H20N2O3. The van der Waals surface area contributed by atoms with Crippen LogP contribution in [0.5, 0.6) is 11.5 Å². The van der Waals surface area contributed by atoms with E-state index in [0.717, 1.165) is 17.7 Å². The highest BCUT2D eigenvalue weighted by atomic mass is 16.5. The van der Waals surface area contributed by atoms with Gasteiger partial charge in [0.25, 0.3) is 5.91 Å². The van der Waals surface area contributed by atoms with E-state index in [0.29, 0.717) is 24.5 Å². The van der Waals surface area contributed by atoms with Crippen molar-refractivity contribution >= 4 is 5.91 Å².